The van der Waals surface area contributed by atoms with E-state index in [2.05, 4.69) is 25.8 Å². The molecule has 0 spiro atoms. The van der Waals surface area contributed by atoms with Gasteiger partial charge < -0.3 is 14.5 Å². The van der Waals surface area contributed by atoms with Crippen molar-refractivity contribution in [2.75, 3.05) is 14.1 Å². The summed E-state index contributed by atoms with van der Waals surface area (Å²) in [7, 11) is 3.53. The number of amides is 1. The number of aromatic nitrogens is 2. The Hall–Kier alpha value is -1.10. The van der Waals surface area contributed by atoms with Gasteiger partial charge in [-0.05, 0) is 12.2 Å². The first-order valence-corrected chi connectivity index (χ1v) is 6.13. The van der Waals surface area contributed by atoms with Crippen molar-refractivity contribution in [3.05, 3.63) is 16.7 Å². The Labute approximate surface area is 108 Å². The fourth-order valence-corrected chi connectivity index (χ4v) is 1.92. The van der Waals surface area contributed by atoms with Crippen LogP contribution in [0.3, 0.4) is 0 Å². The highest BCUT2D eigenvalue weighted by atomic mass is 32.1. The molecule has 0 aliphatic heterocycles. The number of hydrogen-bond acceptors (Lipinski definition) is 2. The smallest absolute Gasteiger partial charge is 0.223 e. The third-order valence-corrected chi connectivity index (χ3v) is 3.02. The summed E-state index contributed by atoms with van der Waals surface area (Å²) < 4.78 is 2.69. The van der Waals surface area contributed by atoms with Crippen LogP contribution in [-0.2, 0) is 16.8 Å². The predicted octanol–water partition coefficient (Wildman–Crippen LogP) is 2.32. The van der Waals surface area contributed by atoms with E-state index in [0.29, 0.717) is 17.7 Å². The van der Waals surface area contributed by atoms with E-state index in [0.717, 1.165) is 5.69 Å². The van der Waals surface area contributed by atoms with E-state index < -0.39 is 0 Å². The number of carbonyl (C=O) groups is 1. The van der Waals surface area contributed by atoms with Crippen LogP contribution in [0.25, 0.3) is 0 Å². The maximum atomic E-state index is 11.6. The highest BCUT2D eigenvalue weighted by Crippen LogP contribution is 2.22. The second-order valence-corrected chi connectivity index (χ2v) is 5.81. The molecule has 0 aromatic carbocycles. The summed E-state index contributed by atoms with van der Waals surface area (Å²) in [6, 6.07) is 0. The fraction of sp³-hybridized carbons (Fsp3) is 0.667. The first kappa shape index (κ1) is 14.0. The molecular formula is C12H21N3OS. The molecule has 0 saturated carbocycles. The Balaban J connectivity index is 2.88. The quantitative estimate of drug-likeness (QED) is 0.842. The van der Waals surface area contributed by atoms with Crippen molar-refractivity contribution < 1.29 is 4.79 Å². The highest BCUT2D eigenvalue weighted by molar-refractivity contribution is 7.71. The van der Waals surface area contributed by atoms with Crippen molar-refractivity contribution in [2.45, 2.75) is 39.2 Å². The molecular weight excluding hydrogens is 234 g/mol. The van der Waals surface area contributed by atoms with E-state index in [4.69, 9.17) is 12.2 Å². The summed E-state index contributed by atoms with van der Waals surface area (Å²) in [5.74, 6) is 0.118. The molecule has 0 fully saturated rings. The average Bonchev–Trinajstić information content (AvgIpc) is 2.55. The second kappa shape index (κ2) is 5.04. The summed E-state index contributed by atoms with van der Waals surface area (Å²) in [4.78, 5) is 16.2. The number of imidazole rings is 1. The van der Waals surface area contributed by atoms with E-state index in [9.17, 15) is 4.79 Å². The maximum absolute atomic E-state index is 11.6. The van der Waals surface area contributed by atoms with Gasteiger partial charge >= 0.3 is 0 Å². The zero-order chi connectivity index (χ0) is 13.2. The molecule has 4 nitrogen and oxygen atoms in total. The van der Waals surface area contributed by atoms with Crippen molar-refractivity contribution in [1.29, 1.82) is 0 Å². The molecule has 96 valence electrons. The molecule has 0 unspecified atom stereocenters. The van der Waals surface area contributed by atoms with E-state index in [-0.39, 0.29) is 11.3 Å². The minimum absolute atomic E-state index is 0.0225. The molecule has 1 rings (SSSR count). The van der Waals surface area contributed by atoms with Gasteiger partial charge in [0.05, 0.1) is 0 Å². The molecule has 5 heteroatoms. The lowest BCUT2D eigenvalue weighted by Gasteiger charge is -2.21. The number of carbonyl (C=O) groups excluding carboxylic acids is 1. The molecule has 17 heavy (non-hydrogen) atoms. The lowest BCUT2D eigenvalue weighted by Crippen LogP contribution is -2.24. The van der Waals surface area contributed by atoms with Crippen LogP contribution >= 0.6 is 12.2 Å². The largest absolute Gasteiger partial charge is 0.349 e. The number of H-pyrrole nitrogens is 1. The van der Waals surface area contributed by atoms with Gasteiger partial charge in [-0.3, -0.25) is 4.79 Å². The Morgan fingerprint density at radius 1 is 1.47 bits per heavy atom. The zero-order valence-electron chi connectivity index (χ0n) is 11.2. The summed E-state index contributed by atoms with van der Waals surface area (Å²) in [6.07, 6.45) is 2.41. The second-order valence-electron chi connectivity index (χ2n) is 5.42. The van der Waals surface area contributed by atoms with Gasteiger partial charge in [0.15, 0.2) is 4.77 Å². The molecule has 0 saturated heterocycles. The van der Waals surface area contributed by atoms with Crippen LogP contribution in [0.2, 0.25) is 0 Å². The fourth-order valence-electron chi connectivity index (χ4n) is 1.67. The monoisotopic (exact) mass is 255 g/mol. The lowest BCUT2D eigenvalue weighted by atomic mass is 9.92. The van der Waals surface area contributed by atoms with Crippen LogP contribution in [0.15, 0.2) is 6.20 Å². The van der Waals surface area contributed by atoms with Crippen molar-refractivity contribution in [3.8, 4) is 0 Å². The third kappa shape index (κ3) is 3.43. The molecule has 0 aliphatic carbocycles. The number of nitrogens with zero attached hydrogens (tertiary/aromatic N) is 2. The van der Waals surface area contributed by atoms with Crippen LogP contribution in [0, 0.1) is 4.77 Å². The molecule has 0 radical (unpaired) electrons. The average molecular weight is 255 g/mol. The maximum Gasteiger partial charge on any atom is 0.223 e. The highest BCUT2D eigenvalue weighted by Gasteiger charge is 2.19. The first-order valence-electron chi connectivity index (χ1n) is 5.72. The first-order chi connectivity index (χ1) is 7.73. The minimum Gasteiger partial charge on any atom is -0.349 e. The van der Waals surface area contributed by atoms with Gasteiger partial charge in [0.2, 0.25) is 5.91 Å². The standard InChI is InChI=1S/C12H21N3OS/c1-12(2,3)9-8-13-11(17)15(9)7-6-10(16)14(4)5/h8H,6-7H2,1-5H3,(H,13,17). The predicted molar refractivity (Wildman–Crippen MR) is 71.6 cm³/mol. The molecule has 1 amide bonds. The van der Waals surface area contributed by atoms with Crippen molar-refractivity contribution in [2.24, 2.45) is 0 Å². The Morgan fingerprint density at radius 2 is 2.06 bits per heavy atom. The van der Waals surface area contributed by atoms with Crippen LogP contribution < -0.4 is 0 Å². The Bertz CT molecular complexity index is 451. The van der Waals surface area contributed by atoms with Crippen LogP contribution in [0.1, 0.15) is 32.9 Å². The summed E-state index contributed by atoms with van der Waals surface area (Å²) in [5, 5.41) is 0. The van der Waals surface area contributed by atoms with Gasteiger partial charge in [0.1, 0.15) is 0 Å². The summed E-state index contributed by atoms with van der Waals surface area (Å²) in [5.41, 5.74) is 1.16. The molecule has 0 bridgehead atoms. The molecule has 1 N–H and O–H groups in total. The molecule has 0 aliphatic rings. The molecule has 1 heterocycles. The summed E-state index contributed by atoms with van der Waals surface area (Å²) in [6.45, 7) is 7.03. The number of nitrogens with one attached hydrogen (secondary N) is 1. The topological polar surface area (TPSA) is 41.0 Å². The molecule has 0 atom stereocenters. The van der Waals surface area contributed by atoms with Crippen molar-refractivity contribution in [3.63, 3.8) is 0 Å². The van der Waals surface area contributed by atoms with Crippen LogP contribution in [0.4, 0.5) is 0 Å². The van der Waals surface area contributed by atoms with E-state index >= 15 is 0 Å². The van der Waals surface area contributed by atoms with Crippen LogP contribution in [-0.4, -0.2) is 34.5 Å². The SMILES string of the molecule is CN(C)C(=O)CCn1c(C(C)(C)C)c[nH]c1=S. The van der Waals surface area contributed by atoms with Gasteiger partial charge in [-0.1, -0.05) is 20.8 Å². The number of hydrogen-bond donors (Lipinski definition) is 1. The van der Waals surface area contributed by atoms with Gasteiger partial charge in [0, 0.05) is 44.4 Å². The van der Waals surface area contributed by atoms with E-state index in [1.807, 2.05) is 10.8 Å². The Morgan fingerprint density at radius 3 is 2.53 bits per heavy atom. The van der Waals surface area contributed by atoms with E-state index in [1.165, 1.54) is 0 Å². The van der Waals surface area contributed by atoms with Crippen LogP contribution in [0.5, 0.6) is 0 Å². The normalized spacial score (nSPS) is 11.6. The van der Waals surface area contributed by atoms with Gasteiger partial charge in [-0.15, -0.1) is 0 Å². The van der Waals surface area contributed by atoms with Crippen molar-refractivity contribution >= 4 is 18.1 Å². The van der Waals surface area contributed by atoms with Gasteiger partial charge in [-0.2, -0.15) is 0 Å². The summed E-state index contributed by atoms with van der Waals surface area (Å²) >= 11 is 5.24. The minimum atomic E-state index is 0.0225. The number of rotatable bonds is 3. The Kier molecular flexibility index (Phi) is 4.14. The zero-order valence-corrected chi connectivity index (χ0v) is 12.0. The lowest BCUT2D eigenvalue weighted by molar-refractivity contribution is -0.128. The van der Waals surface area contributed by atoms with Crippen molar-refractivity contribution in [1.82, 2.24) is 14.5 Å². The molecule has 1 aromatic rings. The number of aromatic amines is 1. The van der Waals surface area contributed by atoms with Gasteiger partial charge in [-0.25, -0.2) is 0 Å². The third-order valence-electron chi connectivity index (χ3n) is 2.68. The van der Waals surface area contributed by atoms with Gasteiger partial charge in [0.25, 0.3) is 0 Å². The van der Waals surface area contributed by atoms with E-state index in [1.54, 1.807) is 19.0 Å². The molecule has 1 aromatic heterocycles.